The zero-order chi connectivity index (χ0) is 14.8. The third-order valence-electron chi connectivity index (χ3n) is 2.99. The van der Waals surface area contributed by atoms with E-state index in [-0.39, 0.29) is 5.91 Å². The van der Waals surface area contributed by atoms with Gasteiger partial charge in [0.05, 0.1) is 12.1 Å². The highest BCUT2D eigenvalue weighted by Crippen LogP contribution is 2.27. The lowest BCUT2D eigenvalue weighted by molar-refractivity contribution is 0.101. The minimum atomic E-state index is -0.289. The minimum absolute atomic E-state index is 0.289. The number of nitrogens with one attached hydrogen (secondary N) is 1. The molecule has 3 heterocycles. The molecule has 0 aliphatic rings. The van der Waals surface area contributed by atoms with Crippen molar-refractivity contribution in [3.63, 3.8) is 0 Å². The van der Waals surface area contributed by atoms with E-state index >= 15 is 0 Å². The van der Waals surface area contributed by atoms with Crippen LogP contribution in [0.5, 0.6) is 0 Å². The summed E-state index contributed by atoms with van der Waals surface area (Å²) in [6.45, 7) is 1.02. The van der Waals surface area contributed by atoms with Gasteiger partial charge in [0.1, 0.15) is 12.0 Å². The first-order chi connectivity index (χ1) is 10.2. The van der Waals surface area contributed by atoms with E-state index in [2.05, 4.69) is 30.9 Å². The fourth-order valence-corrected chi connectivity index (χ4v) is 2.47. The van der Waals surface area contributed by atoms with Crippen LogP contribution in [0.25, 0.3) is 11.1 Å². The SMILES string of the molecule is COCCn1c(C(=O)Nc2ccon2)cc2oc(Br)cc21. The van der Waals surface area contributed by atoms with E-state index in [1.165, 1.54) is 6.26 Å². The van der Waals surface area contributed by atoms with Gasteiger partial charge in [0.25, 0.3) is 5.91 Å². The number of fused-ring (bicyclic) bond motifs is 1. The highest BCUT2D eigenvalue weighted by molar-refractivity contribution is 9.10. The smallest absolute Gasteiger partial charge is 0.273 e. The third-order valence-corrected chi connectivity index (χ3v) is 3.38. The summed E-state index contributed by atoms with van der Waals surface area (Å²) in [5.74, 6) is 0.0693. The topological polar surface area (TPSA) is 82.4 Å². The van der Waals surface area contributed by atoms with Crippen LogP contribution in [0.3, 0.4) is 0 Å². The fraction of sp³-hybridized carbons (Fsp3) is 0.231. The molecule has 0 aliphatic heterocycles. The monoisotopic (exact) mass is 353 g/mol. The average Bonchev–Trinajstić information content (AvgIpc) is 3.13. The molecule has 0 saturated carbocycles. The molecule has 0 bridgehead atoms. The number of rotatable bonds is 5. The van der Waals surface area contributed by atoms with Crippen LogP contribution in [0, 0.1) is 0 Å². The van der Waals surface area contributed by atoms with Gasteiger partial charge in [-0.3, -0.25) is 4.79 Å². The van der Waals surface area contributed by atoms with E-state index in [0.29, 0.717) is 34.9 Å². The number of carbonyl (C=O) groups excluding carboxylic acids is 1. The third kappa shape index (κ3) is 2.72. The van der Waals surface area contributed by atoms with Crippen LogP contribution in [-0.2, 0) is 11.3 Å². The van der Waals surface area contributed by atoms with Gasteiger partial charge >= 0.3 is 0 Å². The van der Waals surface area contributed by atoms with Gasteiger partial charge in [-0.25, -0.2) is 0 Å². The summed E-state index contributed by atoms with van der Waals surface area (Å²) >= 11 is 3.28. The Bertz CT molecular complexity index is 760. The largest absolute Gasteiger partial charge is 0.448 e. The summed E-state index contributed by atoms with van der Waals surface area (Å²) in [5.41, 5.74) is 1.92. The van der Waals surface area contributed by atoms with E-state index < -0.39 is 0 Å². The summed E-state index contributed by atoms with van der Waals surface area (Å²) in [4.78, 5) is 12.3. The van der Waals surface area contributed by atoms with Crippen LogP contribution in [0.15, 0.2) is 38.1 Å². The molecule has 0 radical (unpaired) electrons. The van der Waals surface area contributed by atoms with E-state index in [1.807, 2.05) is 10.6 Å². The summed E-state index contributed by atoms with van der Waals surface area (Å²) in [5, 5.41) is 6.32. The number of aromatic nitrogens is 2. The maximum absolute atomic E-state index is 12.3. The number of hydrogen-bond donors (Lipinski definition) is 1. The standard InChI is InChI=1S/C13H12BrN3O4/c1-19-5-3-17-8-7-11(14)21-10(8)6-9(17)13(18)15-12-2-4-20-16-12/h2,4,6-7H,3,5H2,1H3,(H,15,16,18). The number of halogens is 1. The van der Waals surface area contributed by atoms with Crippen molar-refractivity contribution in [2.24, 2.45) is 0 Å². The van der Waals surface area contributed by atoms with Crippen LogP contribution >= 0.6 is 15.9 Å². The number of hydrogen-bond acceptors (Lipinski definition) is 5. The Morgan fingerprint density at radius 1 is 1.52 bits per heavy atom. The molecule has 0 saturated heterocycles. The van der Waals surface area contributed by atoms with E-state index in [4.69, 9.17) is 9.15 Å². The Balaban J connectivity index is 1.95. The van der Waals surface area contributed by atoms with Crippen molar-refractivity contribution >= 4 is 38.8 Å². The van der Waals surface area contributed by atoms with E-state index in [1.54, 1.807) is 19.2 Å². The molecular weight excluding hydrogens is 342 g/mol. The molecule has 0 unspecified atom stereocenters. The Labute approximate surface area is 128 Å². The molecule has 3 rings (SSSR count). The quantitative estimate of drug-likeness (QED) is 0.762. The van der Waals surface area contributed by atoms with Gasteiger partial charge in [-0.1, -0.05) is 5.16 Å². The Morgan fingerprint density at radius 2 is 2.38 bits per heavy atom. The number of furan rings is 1. The molecule has 3 aromatic rings. The maximum atomic E-state index is 12.3. The lowest BCUT2D eigenvalue weighted by Crippen LogP contribution is -2.18. The van der Waals surface area contributed by atoms with E-state index in [0.717, 1.165) is 5.52 Å². The summed E-state index contributed by atoms with van der Waals surface area (Å²) < 4.78 is 17.7. The van der Waals surface area contributed by atoms with Crippen LogP contribution in [0.2, 0.25) is 0 Å². The fourth-order valence-electron chi connectivity index (χ4n) is 2.08. The maximum Gasteiger partial charge on any atom is 0.273 e. The lowest BCUT2D eigenvalue weighted by Gasteiger charge is -2.08. The van der Waals surface area contributed by atoms with E-state index in [9.17, 15) is 4.79 Å². The molecule has 110 valence electrons. The van der Waals surface area contributed by atoms with Gasteiger partial charge in [0.15, 0.2) is 16.1 Å². The minimum Gasteiger partial charge on any atom is -0.448 e. The second-order valence-corrected chi connectivity index (χ2v) is 5.09. The predicted octanol–water partition coefficient (Wildman–Crippen LogP) is 2.88. The summed E-state index contributed by atoms with van der Waals surface area (Å²) in [6.07, 6.45) is 1.39. The second-order valence-electron chi connectivity index (χ2n) is 4.31. The molecule has 8 heteroatoms. The molecule has 0 aromatic carbocycles. The molecule has 3 aromatic heterocycles. The summed E-state index contributed by atoms with van der Waals surface area (Å²) in [6, 6.07) is 5.07. The first-order valence-electron chi connectivity index (χ1n) is 6.18. The molecule has 21 heavy (non-hydrogen) atoms. The van der Waals surface area contributed by atoms with Gasteiger partial charge < -0.3 is 23.6 Å². The molecule has 0 aliphatic carbocycles. The predicted molar refractivity (Wildman–Crippen MR) is 78.2 cm³/mol. The molecule has 1 amide bonds. The molecule has 7 nitrogen and oxygen atoms in total. The zero-order valence-electron chi connectivity index (χ0n) is 11.1. The number of carbonyl (C=O) groups is 1. The number of methoxy groups -OCH3 is 1. The van der Waals surface area contributed by atoms with Crippen molar-refractivity contribution in [1.29, 1.82) is 0 Å². The van der Waals surface area contributed by atoms with Crippen molar-refractivity contribution in [2.75, 3.05) is 19.0 Å². The zero-order valence-corrected chi connectivity index (χ0v) is 12.7. The number of ether oxygens (including phenoxy) is 1. The molecule has 0 fully saturated rings. The molecule has 0 spiro atoms. The molecule has 0 atom stereocenters. The first-order valence-corrected chi connectivity index (χ1v) is 6.97. The van der Waals surface area contributed by atoms with Gasteiger partial charge in [-0.05, 0) is 15.9 Å². The Morgan fingerprint density at radius 3 is 3.10 bits per heavy atom. The van der Waals surface area contributed by atoms with Crippen molar-refractivity contribution in [3.05, 3.63) is 34.8 Å². The van der Waals surface area contributed by atoms with Crippen LogP contribution in [0.1, 0.15) is 10.5 Å². The van der Waals surface area contributed by atoms with Gasteiger partial charge in [0, 0.05) is 31.9 Å². The highest BCUT2D eigenvalue weighted by atomic mass is 79.9. The van der Waals surface area contributed by atoms with Crippen molar-refractivity contribution < 1.29 is 18.5 Å². The second kappa shape index (κ2) is 5.74. The summed E-state index contributed by atoms with van der Waals surface area (Å²) in [7, 11) is 1.61. The van der Waals surface area contributed by atoms with Gasteiger partial charge in [0.2, 0.25) is 0 Å². The first kappa shape index (κ1) is 13.9. The highest BCUT2D eigenvalue weighted by Gasteiger charge is 2.19. The number of amides is 1. The Kier molecular flexibility index (Phi) is 3.80. The Hall–Kier alpha value is -2.06. The normalized spacial score (nSPS) is 11.1. The van der Waals surface area contributed by atoms with Crippen LogP contribution in [0.4, 0.5) is 5.82 Å². The van der Waals surface area contributed by atoms with Crippen molar-refractivity contribution in [1.82, 2.24) is 9.72 Å². The van der Waals surface area contributed by atoms with Crippen molar-refractivity contribution in [2.45, 2.75) is 6.54 Å². The number of nitrogens with zero attached hydrogens (tertiary/aromatic N) is 2. The van der Waals surface area contributed by atoms with Crippen LogP contribution in [-0.4, -0.2) is 29.3 Å². The average molecular weight is 354 g/mol. The van der Waals surface area contributed by atoms with Gasteiger partial charge in [-0.2, -0.15) is 0 Å². The lowest BCUT2D eigenvalue weighted by atomic mass is 10.4. The molecule has 1 N–H and O–H groups in total. The number of anilines is 1. The van der Waals surface area contributed by atoms with Crippen molar-refractivity contribution in [3.8, 4) is 0 Å². The molecular formula is C13H12BrN3O4. The van der Waals surface area contributed by atoms with Gasteiger partial charge in [-0.15, -0.1) is 0 Å². The van der Waals surface area contributed by atoms with Crippen LogP contribution < -0.4 is 5.32 Å².